The number of nitro benzene ring substituents is 1. The van der Waals surface area contributed by atoms with Gasteiger partial charge in [-0.1, -0.05) is 22.9 Å². The first-order valence-corrected chi connectivity index (χ1v) is 11.9. The molecule has 0 bridgehead atoms. The maximum atomic E-state index is 13.0. The molecule has 0 spiro atoms. The molecule has 0 radical (unpaired) electrons. The lowest BCUT2D eigenvalue weighted by Gasteiger charge is -2.21. The number of benzene rings is 2. The molecular formula is C19H17ClN4O5S2. The van der Waals surface area contributed by atoms with Crippen LogP contribution in [0.3, 0.4) is 0 Å². The second-order valence-electron chi connectivity index (χ2n) is 7.03. The van der Waals surface area contributed by atoms with Crippen molar-refractivity contribution in [3.63, 3.8) is 0 Å². The lowest BCUT2D eigenvalue weighted by atomic mass is 10.2. The van der Waals surface area contributed by atoms with E-state index in [2.05, 4.69) is 4.99 Å². The fourth-order valence-corrected chi connectivity index (χ4v) is 6.30. The van der Waals surface area contributed by atoms with E-state index in [9.17, 15) is 23.3 Å². The van der Waals surface area contributed by atoms with E-state index in [1.807, 2.05) is 0 Å². The smallest absolute Gasteiger partial charge is 0.271 e. The van der Waals surface area contributed by atoms with Crippen LogP contribution in [0.1, 0.15) is 12.8 Å². The van der Waals surface area contributed by atoms with Crippen LogP contribution in [-0.4, -0.2) is 40.7 Å². The van der Waals surface area contributed by atoms with E-state index in [0.29, 0.717) is 28.2 Å². The number of fused-ring (bicyclic) bond motifs is 1. The van der Waals surface area contributed by atoms with Crippen molar-refractivity contribution in [2.45, 2.75) is 23.8 Å². The van der Waals surface area contributed by atoms with Gasteiger partial charge in [-0.3, -0.25) is 14.9 Å². The third-order valence-corrected chi connectivity index (χ3v) is 8.40. The molecule has 4 rings (SSSR count). The number of hydrogen-bond acceptors (Lipinski definition) is 6. The number of non-ortho nitro benzene ring substituents is 1. The van der Waals surface area contributed by atoms with Crippen molar-refractivity contribution in [2.75, 3.05) is 6.54 Å². The van der Waals surface area contributed by atoms with E-state index < -0.39 is 26.9 Å². The van der Waals surface area contributed by atoms with Gasteiger partial charge in [0.15, 0.2) is 4.80 Å². The van der Waals surface area contributed by atoms with Gasteiger partial charge in [-0.05, 0) is 43.2 Å². The summed E-state index contributed by atoms with van der Waals surface area (Å²) < 4.78 is 29.6. The lowest BCUT2D eigenvalue weighted by molar-refractivity contribution is -0.384. The predicted molar refractivity (Wildman–Crippen MR) is 116 cm³/mol. The molecule has 1 aromatic heterocycles. The maximum absolute atomic E-state index is 13.0. The Labute approximate surface area is 186 Å². The quantitative estimate of drug-likeness (QED) is 0.420. The molecule has 3 aromatic rings. The van der Waals surface area contributed by atoms with Crippen LogP contribution in [0, 0.1) is 10.1 Å². The number of aryl methyl sites for hydroxylation is 1. The van der Waals surface area contributed by atoms with Gasteiger partial charge in [-0.15, -0.1) is 0 Å². The molecule has 162 valence electrons. The number of rotatable bonds is 4. The van der Waals surface area contributed by atoms with E-state index in [-0.39, 0.29) is 17.1 Å². The molecule has 1 aliphatic rings. The Kier molecular flexibility index (Phi) is 5.69. The Hall–Kier alpha value is -2.60. The number of thiazole rings is 1. The zero-order valence-corrected chi connectivity index (χ0v) is 18.7. The van der Waals surface area contributed by atoms with Crippen molar-refractivity contribution in [2.24, 2.45) is 12.0 Å². The van der Waals surface area contributed by atoms with Crippen LogP contribution in [0.15, 0.2) is 52.4 Å². The number of hydrogen-bond donors (Lipinski definition) is 0. The average molecular weight is 481 g/mol. The van der Waals surface area contributed by atoms with Crippen LogP contribution in [0.25, 0.3) is 10.2 Å². The Morgan fingerprint density at radius 1 is 1.26 bits per heavy atom. The fraction of sp³-hybridized carbons (Fsp3) is 0.263. The summed E-state index contributed by atoms with van der Waals surface area (Å²) in [5.74, 6) is -0.563. The molecule has 1 atom stereocenters. The number of halogens is 1. The van der Waals surface area contributed by atoms with Gasteiger partial charge < -0.3 is 4.57 Å². The van der Waals surface area contributed by atoms with Crippen LogP contribution in [0.2, 0.25) is 5.02 Å². The second kappa shape index (κ2) is 8.15. The number of amides is 1. The van der Waals surface area contributed by atoms with Crippen LogP contribution in [0.5, 0.6) is 0 Å². The van der Waals surface area contributed by atoms with Gasteiger partial charge in [0.05, 0.1) is 20.0 Å². The number of aromatic nitrogens is 1. The van der Waals surface area contributed by atoms with Crippen molar-refractivity contribution >= 4 is 54.8 Å². The number of carbonyl (C=O) groups is 1. The Balaban J connectivity index is 1.69. The first kappa shape index (κ1) is 21.6. The Morgan fingerprint density at radius 2 is 1.97 bits per heavy atom. The first-order chi connectivity index (χ1) is 14.7. The molecule has 12 heteroatoms. The summed E-state index contributed by atoms with van der Waals surface area (Å²) in [4.78, 5) is 28.1. The highest BCUT2D eigenvalue weighted by Crippen LogP contribution is 2.28. The molecule has 9 nitrogen and oxygen atoms in total. The third kappa shape index (κ3) is 4.01. The van der Waals surface area contributed by atoms with Crippen molar-refractivity contribution in [1.29, 1.82) is 0 Å². The van der Waals surface area contributed by atoms with Crippen LogP contribution >= 0.6 is 22.9 Å². The number of nitrogens with zero attached hydrogens (tertiary/aromatic N) is 4. The van der Waals surface area contributed by atoms with Crippen molar-refractivity contribution < 1.29 is 18.1 Å². The topological polar surface area (TPSA) is 115 Å². The molecular weight excluding hydrogens is 464 g/mol. The Morgan fingerprint density at radius 3 is 2.65 bits per heavy atom. The largest absolute Gasteiger partial charge is 0.319 e. The Bertz CT molecular complexity index is 1360. The molecule has 1 saturated heterocycles. The minimum Gasteiger partial charge on any atom is -0.319 e. The van der Waals surface area contributed by atoms with Crippen LogP contribution < -0.4 is 4.80 Å². The number of nitro groups is 1. The van der Waals surface area contributed by atoms with Gasteiger partial charge in [0, 0.05) is 30.7 Å². The summed E-state index contributed by atoms with van der Waals surface area (Å²) in [6, 6.07) is 9.31. The normalized spacial score (nSPS) is 18.0. The van der Waals surface area contributed by atoms with Gasteiger partial charge in [-0.25, -0.2) is 8.42 Å². The lowest BCUT2D eigenvalue weighted by Crippen LogP contribution is -2.40. The molecule has 0 N–H and O–H groups in total. The fourth-order valence-electron chi connectivity index (χ4n) is 3.52. The van der Waals surface area contributed by atoms with Crippen LogP contribution in [0.4, 0.5) is 5.69 Å². The summed E-state index contributed by atoms with van der Waals surface area (Å²) in [5.41, 5.74) is 0.512. The summed E-state index contributed by atoms with van der Waals surface area (Å²) in [7, 11) is -2.22. The highest BCUT2D eigenvalue weighted by Gasteiger charge is 2.39. The van der Waals surface area contributed by atoms with E-state index in [1.165, 1.54) is 52.0 Å². The van der Waals surface area contributed by atoms with Gasteiger partial charge in [0.2, 0.25) is 10.0 Å². The molecule has 1 aliphatic heterocycles. The first-order valence-electron chi connectivity index (χ1n) is 9.28. The third-order valence-electron chi connectivity index (χ3n) is 5.12. The molecule has 0 aliphatic carbocycles. The summed E-state index contributed by atoms with van der Waals surface area (Å²) in [5, 5.41) is 11.4. The SMILES string of the molecule is Cn1c(=NC(=O)C2CCCN2S(=O)(=O)c2ccc(Cl)cc2)sc2ccc([N+](=O)[O-])cc21. The molecule has 31 heavy (non-hydrogen) atoms. The summed E-state index contributed by atoms with van der Waals surface area (Å²) >= 11 is 7.06. The molecule has 0 saturated carbocycles. The molecule has 1 amide bonds. The van der Waals surface area contributed by atoms with E-state index >= 15 is 0 Å². The number of sulfonamides is 1. The van der Waals surface area contributed by atoms with E-state index in [4.69, 9.17) is 11.6 Å². The average Bonchev–Trinajstić information content (AvgIpc) is 3.34. The molecule has 1 fully saturated rings. The van der Waals surface area contributed by atoms with Crippen LogP contribution in [-0.2, 0) is 21.9 Å². The minimum absolute atomic E-state index is 0.0604. The van der Waals surface area contributed by atoms with Gasteiger partial charge >= 0.3 is 0 Å². The standard InChI is InChI=1S/C19H17ClN4O5S2/c1-22-16-11-13(24(26)27)6-9-17(16)30-19(22)21-18(25)15-3-2-10-23(15)31(28,29)14-7-4-12(20)5-8-14/h4-9,11,15H,2-3,10H2,1H3. The number of carbonyl (C=O) groups excluding carboxylic acids is 1. The highest BCUT2D eigenvalue weighted by atomic mass is 35.5. The monoisotopic (exact) mass is 480 g/mol. The van der Waals surface area contributed by atoms with Crippen molar-refractivity contribution in [1.82, 2.24) is 8.87 Å². The highest BCUT2D eigenvalue weighted by molar-refractivity contribution is 7.89. The molecule has 1 unspecified atom stereocenters. The van der Waals surface area contributed by atoms with Gasteiger partial charge in [-0.2, -0.15) is 9.30 Å². The summed E-state index contributed by atoms with van der Waals surface area (Å²) in [6.07, 6.45) is 0.915. The van der Waals surface area contributed by atoms with Crippen molar-refractivity contribution in [3.8, 4) is 0 Å². The predicted octanol–water partition coefficient (Wildman–Crippen LogP) is 3.08. The molecule has 2 heterocycles. The van der Waals surface area contributed by atoms with Crippen molar-refractivity contribution in [3.05, 3.63) is 62.4 Å². The minimum atomic E-state index is -3.88. The second-order valence-corrected chi connectivity index (χ2v) is 10.4. The summed E-state index contributed by atoms with van der Waals surface area (Å²) in [6.45, 7) is 0.224. The van der Waals surface area contributed by atoms with E-state index in [1.54, 1.807) is 17.7 Å². The van der Waals surface area contributed by atoms with E-state index in [0.717, 1.165) is 4.70 Å². The maximum Gasteiger partial charge on any atom is 0.271 e. The van der Waals surface area contributed by atoms with Gasteiger partial charge in [0.1, 0.15) is 6.04 Å². The zero-order chi connectivity index (χ0) is 22.3. The zero-order valence-electron chi connectivity index (χ0n) is 16.3. The van der Waals surface area contributed by atoms with Gasteiger partial charge in [0.25, 0.3) is 11.6 Å². The molecule has 2 aromatic carbocycles.